The van der Waals surface area contributed by atoms with Gasteiger partial charge in [-0.05, 0) is 18.6 Å². The lowest BCUT2D eigenvalue weighted by Crippen LogP contribution is -2.48. The number of amides is 2. The fourth-order valence-electron chi connectivity index (χ4n) is 2.84. The summed E-state index contributed by atoms with van der Waals surface area (Å²) in [5.41, 5.74) is 0.974. The molecule has 1 aromatic rings. The number of anilines is 1. The molecule has 2 saturated heterocycles. The third kappa shape index (κ3) is 3.70. The highest BCUT2D eigenvalue weighted by Gasteiger charge is 2.24. The number of hydrogen-bond acceptors (Lipinski definition) is 5. The lowest BCUT2D eigenvalue weighted by Gasteiger charge is -2.34. The first-order valence-electron chi connectivity index (χ1n) is 7.82. The zero-order chi connectivity index (χ0) is 17.1. The zero-order valence-electron chi connectivity index (χ0n) is 13.1. The Morgan fingerprint density at radius 3 is 2.62 bits per heavy atom. The van der Waals surface area contributed by atoms with E-state index in [4.69, 9.17) is 21.4 Å². The fourth-order valence-corrected chi connectivity index (χ4v) is 3.11. The molecular weight excluding hydrogens is 336 g/mol. The summed E-state index contributed by atoms with van der Waals surface area (Å²) in [5, 5.41) is 12.1. The molecule has 2 amide bonds. The number of ether oxygens (including phenoxy) is 1. The average molecular weight is 355 g/mol. The van der Waals surface area contributed by atoms with Crippen molar-refractivity contribution >= 4 is 29.3 Å². The number of nitrogens with zero attached hydrogens (tertiary/aromatic N) is 3. The Labute approximate surface area is 144 Å². The summed E-state index contributed by atoms with van der Waals surface area (Å²) >= 11 is 6.23. The molecule has 0 saturated carbocycles. The first kappa shape index (κ1) is 16.8. The third-order valence-corrected chi connectivity index (χ3v) is 4.50. The monoisotopic (exact) mass is 354 g/mol. The van der Waals surface area contributed by atoms with Crippen LogP contribution < -0.4 is 10.2 Å². The van der Waals surface area contributed by atoms with Crippen LogP contribution in [-0.2, 0) is 4.74 Å². The van der Waals surface area contributed by atoms with Crippen molar-refractivity contribution in [3.63, 3.8) is 0 Å². The molecule has 1 atom stereocenters. The highest BCUT2D eigenvalue weighted by Crippen LogP contribution is 2.25. The normalized spacial score (nSPS) is 21.0. The van der Waals surface area contributed by atoms with E-state index < -0.39 is 6.09 Å². The quantitative estimate of drug-likeness (QED) is 0.788. The van der Waals surface area contributed by atoms with E-state index in [1.165, 1.54) is 4.90 Å². The minimum atomic E-state index is -0.915. The van der Waals surface area contributed by atoms with E-state index in [9.17, 15) is 9.59 Å². The number of hydrogen-bond donors (Lipinski definition) is 2. The Kier molecular flexibility index (Phi) is 5.06. The van der Waals surface area contributed by atoms with Crippen LogP contribution in [0.2, 0.25) is 5.15 Å². The van der Waals surface area contributed by atoms with E-state index in [1.807, 2.05) is 4.90 Å². The molecule has 8 nitrogen and oxygen atoms in total. The summed E-state index contributed by atoms with van der Waals surface area (Å²) in [4.78, 5) is 30.7. The molecule has 9 heteroatoms. The van der Waals surface area contributed by atoms with E-state index >= 15 is 0 Å². The maximum atomic E-state index is 12.2. The van der Waals surface area contributed by atoms with Gasteiger partial charge < -0.3 is 25.0 Å². The molecular formula is C15H19ClN4O4. The molecule has 1 aromatic heterocycles. The Morgan fingerprint density at radius 1 is 1.29 bits per heavy atom. The smallest absolute Gasteiger partial charge is 0.407 e. The number of carboxylic acid groups (broad SMARTS) is 1. The highest BCUT2D eigenvalue weighted by atomic mass is 35.5. The number of aromatic nitrogens is 1. The molecule has 2 N–H and O–H groups in total. The van der Waals surface area contributed by atoms with Crippen LogP contribution >= 0.6 is 11.6 Å². The van der Waals surface area contributed by atoms with Crippen LogP contribution in [0.15, 0.2) is 12.1 Å². The van der Waals surface area contributed by atoms with Gasteiger partial charge in [-0.15, -0.1) is 0 Å². The summed E-state index contributed by atoms with van der Waals surface area (Å²) in [5.74, 6) is -0.269. The minimum Gasteiger partial charge on any atom is -0.465 e. The topological polar surface area (TPSA) is 95.0 Å². The second-order valence-corrected chi connectivity index (χ2v) is 6.16. The number of carbonyl (C=O) groups is 2. The van der Waals surface area contributed by atoms with Crippen molar-refractivity contribution in [1.29, 1.82) is 0 Å². The summed E-state index contributed by atoms with van der Waals surface area (Å²) in [7, 11) is 0. The van der Waals surface area contributed by atoms with Gasteiger partial charge in [0.25, 0.3) is 5.91 Å². The summed E-state index contributed by atoms with van der Waals surface area (Å²) in [6, 6.07) is 3.41. The maximum Gasteiger partial charge on any atom is 0.407 e. The molecule has 24 heavy (non-hydrogen) atoms. The van der Waals surface area contributed by atoms with Gasteiger partial charge in [-0.3, -0.25) is 4.79 Å². The van der Waals surface area contributed by atoms with Gasteiger partial charge in [-0.25, -0.2) is 9.78 Å². The van der Waals surface area contributed by atoms with Crippen molar-refractivity contribution in [2.75, 3.05) is 44.3 Å². The number of carbonyl (C=O) groups excluding carboxylic acids is 1. The maximum absolute atomic E-state index is 12.2. The molecule has 3 rings (SSSR count). The Bertz CT molecular complexity index is 628. The van der Waals surface area contributed by atoms with Gasteiger partial charge in [0.1, 0.15) is 5.69 Å². The molecule has 0 aliphatic carbocycles. The van der Waals surface area contributed by atoms with Crippen LogP contribution in [0.4, 0.5) is 10.5 Å². The van der Waals surface area contributed by atoms with Gasteiger partial charge in [0.2, 0.25) is 0 Å². The summed E-state index contributed by atoms with van der Waals surface area (Å²) < 4.78 is 5.23. The van der Waals surface area contributed by atoms with Crippen molar-refractivity contribution in [1.82, 2.24) is 15.2 Å². The van der Waals surface area contributed by atoms with Crippen molar-refractivity contribution < 1.29 is 19.4 Å². The predicted octanol–water partition coefficient (Wildman–Crippen LogP) is 1.05. The van der Waals surface area contributed by atoms with E-state index in [0.717, 1.165) is 6.42 Å². The standard InChI is InChI=1S/C15H19ClN4O4/c16-13-12(19-4-6-20(7-5-19)15(22)23)2-1-11(18-13)14(21)17-10-3-8-24-9-10/h1-2,10H,3-9H2,(H,17,21)(H,22,23)/t10-/m1/s1. The van der Waals surface area contributed by atoms with Crippen LogP contribution in [0, 0.1) is 0 Å². The predicted molar refractivity (Wildman–Crippen MR) is 87.7 cm³/mol. The van der Waals surface area contributed by atoms with Gasteiger partial charge in [-0.2, -0.15) is 0 Å². The number of piperazine rings is 1. The summed E-state index contributed by atoms with van der Waals surface area (Å²) in [6.45, 7) is 3.08. The van der Waals surface area contributed by atoms with Crippen molar-refractivity contribution in [3.8, 4) is 0 Å². The molecule has 0 aromatic carbocycles. The van der Waals surface area contributed by atoms with E-state index in [1.54, 1.807) is 12.1 Å². The molecule has 2 aliphatic heterocycles. The minimum absolute atomic E-state index is 0.0156. The molecule has 0 bridgehead atoms. The van der Waals surface area contributed by atoms with Crippen LogP contribution in [-0.4, -0.2) is 72.4 Å². The Morgan fingerprint density at radius 2 is 2.04 bits per heavy atom. The number of rotatable bonds is 3. The molecule has 0 radical (unpaired) electrons. The molecule has 130 valence electrons. The van der Waals surface area contributed by atoms with Crippen molar-refractivity contribution in [2.45, 2.75) is 12.5 Å². The fraction of sp³-hybridized carbons (Fsp3) is 0.533. The average Bonchev–Trinajstić information content (AvgIpc) is 3.08. The molecule has 2 aliphatic rings. The second kappa shape index (κ2) is 7.23. The van der Waals surface area contributed by atoms with Crippen LogP contribution in [0.25, 0.3) is 0 Å². The number of nitrogens with one attached hydrogen (secondary N) is 1. The Balaban J connectivity index is 1.64. The van der Waals surface area contributed by atoms with E-state index in [2.05, 4.69) is 10.3 Å². The largest absolute Gasteiger partial charge is 0.465 e. The molecule has 0 spiro atoms. The highest BCUT2D eigenvalue weighted by molar-refractivity contribution is 6.32. The lowest BCUT2D eigenvalue weighted by atomic mass is 10.2. The SMILES string of the molecule is O=C(N[C@@H]1CCOC1)c1ccc(N2CCN(C(=O)O)CC2)c(Cl)n1. The number of pyridine rings is 1. The third-order valence-electron chi connectivity index (χ3n) is 4.22. The van der Waals surface area contributed by atoms with Crippen LogP contribution in [0.3, 0.4) is 0 Å². The molecule has 0 unspecified atom stereocenters. The van der Waals surface area contributed by atoms with Gasteiger partial charge in [0, 0.05) is 32.8 Å². The second-order valence-electron chi connectivity index (χ2n) is 5.80. The molecule has 3 heterocycles. The molecule has 2 fully saturated rings. The van der Waals surface area contributed by atoms with Crippen molar-refractivity contribution in [3.05, 3.63) is 23.0 Å². The zero-order valence-corrected chi connectivity index (χ0v) is 13.8. The van der Waals surface area contributed by atoms with Crippen LogP contribution in [0.5, 0.6) is 0 Å². The Hall–Kier alpha value is -2.06. The van der Waals surface area contributed by atoms with Gasteiger partial charge in [0.15, 0.2) is 5.15 Å². The van der Waals surface area contributed by atoms with Gasteiger partial charge in [-0.1, -0.05) is 11.6 Å². The first-order chi connectivity index (χ1) is 11.5. The summed E-state index contributed by atoms with van der Waals surface area (Å²) in [6.07, 6.45) is -0.118. The first-order valence-corrected chi connectivity index (χ1v) is 8.20. The number of halogens is 1. The van der Waals surface area contributed by atoms with Crippen LogP contribution in [0.1, 0.15) is 16.9 Å². The van der Waals surface area contributed by atoms with Crippen molar-refractivity contribution in [2.24, 2.45) is 0 Å². The van der Waals surface area contributed by atoms with E-state index in [-0.39, 0.29) is 22.8 Å². The van der Waals surface area contributed by atoms with E-state index in [0.29, 0.717) is 45.1 Å². The van der Waals surface area contributed by atoms with Gasteiger partial charge >= 0.3 is 6.09 Å². The lowest BCUT2D eigenvalue weighted by molar-refractivity contribution is 0.0924. The van der Waals surface area contributed by atoms with Gasteiger partial charge in [0.05, 0.1) is 18.3 Å².